The minimum absolute atomic E-state index is 0.229. The van der Waals surface area contributed by atoms with Crippen molar-refractivity contribution in [2.75, 3.05) is 20.2 Å². The minimum Gasteiger partial charge on any atom is -0.468 e. The number of hydrogen-bond donors (Lipinski definition) is 2. The summed E-state index contributed by atoms with van der Waals surface area (Å²) in [7, 11) is 1.38. The lowest BCUT2D eigenvalue weighted by atomic mass is 9.80. The van der Waals surface area contributed by atoms with Crippen molar-refractivity contribution in [2.24, 2.45) is 11.3 Å². The summed E-state index contributed by atoms with van der Waals surface area (Å²) >= 11 is 0. The summed E-state index contributed by atoms with van der Waals surface area (Å²) < 4.78 is 4.74. The van der Waals surface area contributed by atoms with Gasteiger partial charge in [0.2, 0.25) is 0 Å². The zero-order valence-corrected chi connectivity index (χ0v) is 7.75. The molecular formula is C9H15NO3. The SMILES string of the molecule is COC(=O)C12CCC(CNC1)C2O. The van der Waals surface area contributed by atoms with Gasteiger partial charge in [-0.25, -0.2) is 0 Å². The summed E-state index contributed by atoms with van der Waals surface area (Å²) in [6.45, 7) is 1.37. The van der Waals surface area contributed by atoms with E-state index in [2.05, 4.69) is 5.32 Å². The number of ether oxygens (including phenoxy) is 1. The molecule has 74 valence electrons. The molecule has 1 heterocycles. The summed E-state index contributed by atoms with van der Waals surface area (Å²) in [6.07, 6.45) is 1.16. The second-order valence-electron chi connectivity index (χ2n) is 4.02. The van der Waals surface area contributed by atoms with Gasteiger partial charge in [0.1, 0.15) is 5.41 Å². The van der Waals surface area contributed by atoms with Gasteiger partial charge in [0.05, 0.1) is 13.2 Å². The van der Waals surface area contributed by atoms with Crippen LogP contribution >= 0.6 is 0 Å². The molecule has 2 aliphatic rings. The van der Waals surface area contributed by atoms with Gasteiger partial charge < -0.3 is 15.2 Å². The molecule has 1 saturated carbocycles. The van der Waals surface area contributed by atoms with Crippen molar-refractivity contribution in [1.29, 1.82) is 0 Å². The predicted octanol–water partition coefficient (Wildman–Crippen LogP) is -0.480. The highest BCUT2D eigenvalue weighted by Gasteiger charge is 2.55. The van der Waals surface area contributed by atoms with Crippen molar-refractivity contribution in [1.82, 2.24) is 5.32 Å². The van der Waals surface area contributed by atoms with Gasteiger partial charge in [0, 0.05) is 13.1 Å². The van der Waals surface area contributed by atoms with E-state index in [1.165, 1.54) is 7.11 Å². The first-order valence-electron chi connectivity index (χ1n) is 4.68. The highest BCUT2D eigenvalue weighted by atomic mass is 16.5. The van der Waals surface area contributed by atoms with Crippen LogP contribution in [0.2, 0.25) is 0 Å². The standard InChI is InChI=1S/C9H15NO3/c1-13-8(12)9-3-2-6(7(9)11)4-10-5-9/h6-7,10-11H,2-5H2,1H3. The third kappa shape index (κ3) is 1.09. The molecule has 13 heavy (non-hydrogen) atoms. The fraction of sp³-hybridized carbons (Fsp3) is 0.889. The quantitative estimate of drug-likeness (QED) is 0.542. The number of carbonyl (C=O) groups is 1. The van der Waals surface area contributed by atoms with Gasteiger partial charge in [-0.1, -0.05) is 0 Å². The maximum Gasteiger partial charge on any atom is 0.315 e. The predicted molar refractivity (Wildman–Crippen MR) is 46.0 cm³/mol. The molecule has 1 aliphatic carbocycles. The zero-order valence-electron chi connectivity index (χ0n) is 7.75. The van der Waals surface area contributed by atoms with E-state index in [0.29, 0.717) is 6.54 Å². The maximum absolute atomic E-state index is 11.5. The van der Waals surface area contributed by atoms with Gasteiger partial charge >= 0.3 is 5.97 Å². The van der Waals surface area contributed by atoms with Crippen molar-refractivity contribution in [2.45, 2.75) is 18.9 Å². The Kier molecular flexibility index (Phi) is 2.04. The summed E-state index contributed by atoms with van der Waals surface area (Å²) in [6, 6.07) is 0. The van der Waals surface area contributed by atoms with Crippen LogP contribution < -0.4 is 5.32 Å². The fourth-order valence-corrected chi connectivity index (χ4v) is 2.59. The Balaban J connectivity index is 2.25. The number of aliphatic hydroxyl groups is 1. The molecular weight excluding hydrogens is 170 g/mol. The molecule has 2 fully saturated rings. The highest BCUT2D eigenvalue weighted by molar-refractivity contribution is 5.78. The number of hydrogen-bond acceptors (Lipinski definition) is 4. The van der Waals surface area contributed by atoms with Crippen LogP contribution in [0, 0.1) is 11.3 Å². The van der Waals surface area contributed by atoms with Crippen LogP contribution in [-0.4, -0.2) is 37.4 Å². The van der Waals surface area contributed by atoms with Crippen molar-refractivity contribution < 1.29 is 14.6 Å². The Labute approximate surface area is 77.3 Å². The summed E-state index contributed by atoms with van der Waals surface area (Å²) in [5, 5.41) is 13.1. The van der Waals surface area contributed by atoms with E-state index in [-0.39, 0.29) is 11.9 Å². The molecule has 3 unspecified atom stereocenters. The average molecular weight is 185 g/mol. The smallest absolute Gasteiger partial charge is 0.315 e. The van der Waals surface area contributed by atoms with E-state index in [1.807, 2.05) is 0 Å². The third-order valence-electron chi connectivity index (χ3n) is 3.41. The molecule has 3 atom stereocenters. The molecule has 0 spiro atoms. The molecule has 1 saturated heterocycles. The van der Waals surface area contributed by atoms with E-state index in [1.54, 1.807) is 0 Å². The molecule has 2 rings (SSSR count). The number of aliphatic hydroxyl groups excluding tert-OH is 1. The van der Waals surface area contributed by atoms with Gasteiger partial charge in [-0.3, -0.25) is 4.79 Å². The van der Waals surface area contributed by atoms with E-state index >= 15 is 0 Å². The van der Waals surface area contributed by atoms with Crippen LogP contribution in [-0.2, 0) is 9.53 Å². The number of piperidine rings is 1. The molecule has 0 aromatic carbocycles. The number of methoxy groups -OCH3 is 1. The van der Waals surface area contributed by atoms with E-state index < -0.39 is 11.5 Å². The van der Waals surface area contributed by atoms with Gasteiger partial charge in [-0.2, -0.15) is 0 Å². The van der Waals surface area contributed by atoms with Gasteiger partial charge in [-0.15, -0.1) is 0 Å². The van der Waals surface area contributed by atoms with Crippen LogP contribution in [0.4, 0.5) is 0 Å². The lowest BCUT2D eigenvalue weighted by Crippen LogP contribution is -2.54. The van der Waals surface area contributed by atoms with Crippen molar-refractivity contribution in [3.05, 3.63) is 0 Å². The average Bonchev–Trinajstić information content (AvgIpc) is 2.40. The van der Waals surface area contributed by atoms with Gasteiger partial charge in [0.25, 0.3) is 0 Å². The van der Waals surface area contributed by atoms with Crippen LogP contribution in [0.15, 0.2) is 0 Å². The fourth-order valence-electron chi connectivity index (χ4n) is 2.59. The molecule has 0 aromatic rings. The molecule has 0 amide bonds. The Morgan fingerprint density at radius 2 is 2.46 bits per heavy atom. The Morgan fingerprint density at radius 3 is 3.15 bits per heavy atom. The number of rotatable bonds is 1. The zero-order chi connectivity index (χ0) is 9.47. The van der Waals surface area contributed by atoms with E-state index in [9.17, 15) is 9.90 Å². The van der Waals surface area contributed by atoms with Crippen LogP contribution in [0.3, 0.4) is 0 Å². The van der Waals surface area contributed by atoms with Crippen LogP contribution in [0.25, 0.3) is 0 Å². The molecule has 0 radical (unpaired) electrons. The van der Waals surface area contributed by atoms with Gasteiger partial charge in [-0.05, 0) is 18.8 Å². The van der Waals surface area contributed by atoms with Crippen molar-refractivity contribution in [3.63, 3.8) is 0 Å². The largest absolute Gasteiger partial charge is 0.468 e. The van der Waals surface area contributed by atoms with Crippen LogP contribution in [0.1, 0.15) is 12.8 Å². The molecule has 4 heteroatoms. The minimum atomic E-state index is -0.655. The molecule has 1 aliphatic heterocycles. The third-order valence-corrected chi connectivity index (χ3v) is 3.41. The van der Waals surface area contributed by atoms with Crippen molar-refractivity contribution >= 4 is 5.97 Å². The van der Waals surface area contributed by atoms with E-state index in [4.69, 9.17) is 4.74 Å². The monoisotopic (exact) mass is 185 g/mol. The normalized spacial score (nSPS) is 43.2. The number of fused-ring (bicyclic) bond motifs is 2. The summed E-state index contributed by atoms with van der Waals surface area (Å²) in [5.41, 5.74) is -0.655. The van der Waals surface area contributed by atoms with Gasteiger partial charge in [0.15, 0.2) is 0 Å². The lowest BCUT2D eigenvalue weighted by Gasteiger charge is -2.35. The van der Waals surface area contributed by atoms with Crippen LogP contribution in [0.5, 0.6) is 0 Å². The lowest BCUT2D eigenvalue weighted by molar-refractivity contribution is -0.160. The first kappa shape index (κ1) is 8.97. The Hall–Kier alpha value is -0.610. The Bertz CT molecular complexity index is 227. The number of esters is 1. The first-order valence-corrected chi connectivity index (χ1v) is 4.68. The summed E-state index contributed by atoms with van der Waals surface area (Å²) in [4.78, 5) is 11.5. The molecule has 2 N–H and O–H groups in total. The Morgan fingerprint density at radius 1 is 1.69 bits per heavy atom. The first-order chi connectivity index (χ1) is 6.20. The summed E-state index contributed by atoms with van der Waals surface area (Å²) in [5.74, 6) is -0.0393. The number of nitrogens with one attached hydrogen (secondary N) is 1. The maximum atomic E-state index is 11.5. The molecule has 2 bridgehead atoms. The van der Waals surface area contributed by atoms with Crippen molar-refractivity contribution in [3.8, 4) is 0 Å². The highest BCUT2D eigenvalue weighted by Crippen LogP contribution is 2.44. The molecule has 4 nitrogen and oxygen atoms in total. The topological polar surface area (TPSA) is 58.6 Å². The second kappa shape index (κ2) is 2.96. The second-order valence-corrected chi connectivity index (χ2v) is 4.02. The molecule has 0 aromatic heterocycles. The number of carbonyl (C=O) groups excluding carboxylic acids is 1. The van der Waals surface area contributed by atoms with E-state index in [0.717, 1.165) is 19.4 Å².